The first kappa shape index (κ1) is 8.50. The molecule has 72 valence electrons. The van der Waals surface area contributed by atoms with E-state index in [1.807, 2.05) is 6.92 Å². The number of rotatable bonds is 1. The topological polar surface area (TPSA) is 74.2 Å². The van der Waals surface area contributed by atoms with Crippen LogP contribution in [0.4, 0.5) is 6.01 Å². The van der Waals surface area contributed by atoms with E-state index < -0.39 is 5.60 Å². The third-order valence-corrected chi connectivity index (χ3v) is 2.36. The zero-order valence-corrected chi connectivity index (χ0v) is 7.62. The van der Waals surface area contributed by atoms with Crippen LogP contribution in [0.3, 0.4) is 0 Å². The lowest BCUT2D eigenvalue weighted by Crippen LogP contribution is -2.30. The lowest BCUT2D eigenvalue weighted by Gasteiger charge is -2.30. The summed E-state index contributed by atoms with van der Waals surface area (Å²) >= 11 is 0. The van der Waals surface area contributed by atoms with Crippen LogP contribution >= 0.6 is 0 Å². The second-order valence-corrected chi connectivity index (χ2v) is 3.48. The molecular formula is C8H13N3O2. The van der Waals surface area contributed by atoms with Crippen molar-refractivity contribution in [1.29, 1.82) is 0 Å². The maximum atomic E-state index is 5.61. The molecule has 0 radical (unpaired) electrons. The van der Waals surface area contributed by atoms with Crippen molar-refractivity contribution < 1.29 is 9.15 Å². The van der Waals surface area contributed by atoms with Crippen LogP contribution in [0.25, 0.3) is 0 Å². The predicted molar refractivity (Wildman–Crippen MR) is 45.9 cm³/mol. The molecular weight excluding hydrogens is 170 g/mol. The number of nitrogens with two attached hydrogens (primary N) is 1. The fourth-order valence-corrected chi connectivity index (χ4v) is 1.55. The molecule has 1 fully saturated rings. The Kier molecular flexibility index (Phi) is 1.95. The van der Waals surface area contributed by atoms with Gasteiger partial charge in [0.15, 0.2) is 0 Å². The van der Waals surface area contributed by atoms with Crippen molar-refractivity contribution in [2.45, 2.75) is 31.8 Å². The van der Waals surface area contributed by atoms with E-state index in [0.717, 1.165) is 25.9 Å². The van der Waals surface area contributed by atoms with E-state index >= 15 is 0 Å². The van der Waals surface area contributed by atoms with Gasteiger partial charge in [0.1, 0.15) is 5.60 Å². The minimum absolute atomic E-state index is 0.102. The summed E-state index contributed by atoms with van der Waals surface area (Å²) < 4.78 is 10.8. The van der Waals surface area contributed by atoms with E-state index in [2.05, 4.69) is 10.2 Å². The maximum absolute atomic E-state index is 5.61. The molecule has 0 spiro atoms. The predicted octanol–water partition coefficient (Wildman–Crippen LogP) is 1.07. The molecule has 0 bridgehead atoms. The molecule has 0 aliphatic carbocycles. The quantitative estimate of drug-likeness (QED) is 0.704. The molecule has 1 aliphatic heterocycles. The highest BCUT2D eigenvalue weighted by Gasteiger charge is 2.35. The van der Waals surface area contributed by atoms with Gasteiger partial charge in [-0.15, -0.1) is 5.10 Å². The summed E-state index contributed by atoms with van der Waals surface area (Å²) in [6.07, 6.45) is 3.13. The number of nitrogen functional groups attached to an aromatic ring is 1. The van der Waals surface area contributed by atoms with Crippen molar-refractivity contribution in [3.05, 3.63) is 5.89 Å². The number of aromatic nitrogens is 2. The molecule has 5 nitrogen and oxygen atoms in total. The SMILES string of the molecule is CC1(c2nnc(N)o2)CCCCO1. The third kappa shape index (κ3) is 1.51. The number of hydrogen-bond donors (Lipinski definition) is 1. The van der Waals surface area contributed by atoms with Gasteiger partial charge in [-0.3, -0.25) is 0 Å². The number of nitrogens with zero attached hydrogens (tertiary/aromatic N) is 2. The smallest absolute Gasteiger partial charge is 0.312 e. The molecule has 1 atom stereocenters. The van der Waals surface area contributed by atoms with Crippen molar-refractivity contribution in [2.24, 2.45) is 0 Å². The Morgan fingerprint density at radius 2 is 2.23 bits per heavy atom. The molecule has 1 aliphatic rings. The van der Waals surface area contributed by atoms with E-state index in [4.69, 9.17) is 14.9 Å². The molecule has 13 heavy (non-hydrogen) atoms. The molecule has 0 saturated carbocycles. The summed E-state index contributed by atoms with van der Waals surface area (Å²) in [6.45, 7) is 2.71. The van der Waals surface area contributed by atoms with Gasteiger partial charge in [-0.25, -0.2) is 0 Å². The van der Waals surface area contributed by atoms with Crippen molar-refractivity contribution in [3.8, 4) is 0 Å². The first-order valence-corrected chi connectivity index (χ1v) is 4.44. The Hall–Kier alpha value is -1.10. The summed E-state index contributed by atoms with van der Waals surface area (Å²) in [4.78, 5) is 0. The zero-order valence-electron chi connectivity index (χ0n) is 7.62. The van der Waals surface area contributed by atoms with Crippen molar-refractivity contribution >= 4 is 6.01 Å². The summed E-state index contributed by atoms with van der Waals surface area (Å²) in [7, 11) is 0. The van der Waals surface area contributed by atoms with Crippen molar-refractivity contribution in [3.63, 3.8) is 0 Å². The van der Waals surface area contributed by atoms with Gasteiger partial charge in [-0.05, 0) is 26.2 Å². The molecule has 1 aromatic rings. The average molecular weight is 183 g/mol. The third-order valence-electron chi connectivity index (χ3n) is 2.36. The fraction of sp³-hybridized carbons (Fsp3) is 0.750. The van der Waals surface area contributed by atoms with Crippen molar-refractivity contribution in [1.82, 2.24) is 10.2 Å². The van der Waals surface area contributed by atoms with Crippen LogP contribution in [-0.2, 0) is 10.3 Å². The van der Waals surface area contributed by atoms with Gasteiger partial charge in [-0.1, -0.05) is 5.10 Å². The zero-order chi connectivity index (χ0) is 9.31. The van der Waals surface area contributed by atoms with Gasteiger partial charge in [-0.2, -0.15) is 0 Å². The van der Waals surface area contributed by atoms with Crippen LogP contribution in [0.2, 0.25) is 0 Å². The molecule has 1 unspecified atom stereocenters. The van der Waals surface area contributed by atoms with Gasteiger partial charge in [0, 0.05) is 6.61 Å². The van der Waals surface area contributed by atoms with Gasteiger partial charge in [0.05, 0.1) is 0 Å². The summed E-state index contributed by atoms with van der Waals surface area (Å²) in [5, 5.41) is 7.46. The molecule has 0 amide bonds. The monoisotopic (exact) mass is 183 g/mol. The molecule has 2 heterocycles. The summed E-state index contributed by atoms with van der Waals surface area (Å²) in [5.41, 5.74) is 4.92. The van der Waals surface area contributed by atoms with E-state index in [-0.39, 0.29) is 6.01 Å². The van der Waals surface area contributed by atoms with E-state index in [1.165, 1.54) is 0 Å². The fourth-order valence-electron chi connectivity index (χ4n) is 1.55. The first-order valence-electron chi connectivity index (χ1n) is 4.44. The standard InChI is InChI=1S/C8H13N3O2/c1-8(4-2-3-5-12-8)6-10-11-7(9)13-6/h2-5H2,1H3,(H2,9,11). The van der Waals surface area contributed by atoms with Gasteiger partial charge in [0.25, 0.3) is 0 Å². The normalized spacial score (nSPS) is 29.0. The van der Waals surface area contributed by atoms with Gasteiger partial charge >= 0.3 is 6.01 Å². The molecule has 5 heteroatoms. The van der Waals surface area contributed by atoms with Crippen LogP contribution in [0.5, 0.6) is 0 Å². The van der Waals surface area contributed by atoms with E-state index in [1.54, 1.807) is 0 Å². The molecule has 1 saturated heterocycles. The minimum atomic E-state index is -0.428. The van der Waals surface area contributed by atoms with Crippen LogP contribution in [-0.4, -0.2) is 16.8 Å². The van der Waals surface area contributed by atoms with Crippen LogP contribution in [0.1, 0.15) is 32.1 Å². The Labute approximate surface area is 76.3 Å². The van der Waals surface area contributed by atoms with Gasteiger partial charge < -0.3 is 14.9 Å². The van der Waals surface area contributed by atoms with E-state index in [9.17, 15) is 0 Å². The molecule has 0 aromatic carbocycles. The van der Waals surface area contributed by atoms with Crippen LogP contribution in [0, 0.1) is 0 Å². The number of ether oxygens (including phenoxy) is 1. The second kappa shape index (κ2) is 2.99. The highest BCUT2D eigenvalue weighted by atomic mass is 16.5. The molecule has 1 aromatic heterocycles. The Morgan fingerprint density at radius 3 is 2.77 bits per heavy atom. The lowest BCUT2D eigenvalue weighted by molar-refractivity contribution is -0.0864. The maximum Gasteiger partial charge on any atom is 0.312 e. The molecule has 2 N–H and O–H groups in total. The Bertz CT molecular complexity index is 291. The summed E-state index contributed by atoms with van der Waals surface area (Å²) in [5.74, 6) is 0.490. The lowest BCUT2D eigenvalue weighted by atomic mass is 9.96. The highest BCUT2D eigenvalue weighted by Crippen LogP contribution is 2.33. The average Bonchev–Trinajstić information content (AvgIpc) is 2.54. The molecule has 2 rings (SSSR count). The van der Waals surface area contributed by atoms with Crippen molar-refractivity contribution in [2.75, 3.05) is 12.3 Å². The minimum Gasteiger partial charge on any atom is -0.405 e. The van der Waals surface area contributed by atoms with Crippen LogP contribution < -0.4 is 5.73 Å². The van der Waals surface area contributed by atoms with Crippen LogP contribution in [0.15, 0.2) is 4.42 Å². The largest absolute Gasteiger partial charge is 0.405 e. The Balaban J connectivity index is 2.22. The number of anilines is 1. The first-order chi connectivity index (χ1) is 6.21. The Morgan fingerprint density at radius 1 is 1.38 bits per heavy atom. The summed E-state index contributed by atoms with van der Waals surface area (Å²) in [6, 6.07) is 0.102. The van der Waals surface area contributed by atoms with E-state index in [0.29, 0.717) is 5.89 Å². The highest BCUT2D eigenvalue weighted by molar-refractivity contribution is 5.08. The van der Waals surface area contributed by atoms with Gasteiger partial charge in [0.2, 0.25) is 5.89 Å². The number of hydrogen-bond acceptors (Lipinski definition) is 5. The second-order valence-electron chi connectivity index (χ2n) is 3.48.